The summed E-state index contributed by atoms with van der Waals surface area (Å²) in [5.41, 5.74) is 1.01. The minimum absolute atomic E-state index is 0.213. The standard InChI is InChI=1S/C15H20O/c1-2-14(12-8-6-7-9-12)15(16)13-10-4-3-5-11-13/h2-5,10-12,14-16H,1,6-9H2/t14-,15-/m1/s1. The van der Waals surface area contributed by atoms with E-state index in [1.807, 2.05) is 36.4 Å². The van der Waals surface area contributed by atoms with Crippen LogP contribution in [-0.2, 0) is 0 Å². The highest BCUT2D eigenvalue weighted by atomic mass is 16.3. The zero-order valence-electron chi connectivity index (χ0n) is 9.68. The molecule has 1 aromatic rings. The van der Waals surface area contributed by atoms with Gasteiger partial charge in [-0.05, 0) is 24.3 Å². The molecule has 0 amide bonds. The molecule has 0 saturated heterocycles. The Morgan fingerprint density at radius 3 is 2.38 bits per heavy atom. The Kier molecular flexibility index (Phi) is 3.79. The predicted molar refractivity (Wildman–Crippen MR) is 67.0 cm³/mol. The maximum absolute atomic E-state index is 10.4. The van der Waals surface area contributed by atoms with Crippen LogP contribution in [0.3, 0.4) is 0 Å². The van der Waals surface area contributed by atoms with Crippen molar-refractivity contribution in [2.45, 2.75) is 31.8 Å². The second-order valence-electron chi connectivity index (χ2n) is 4.71. The highest BCUT2D eigenvalue weighted by Crippen LogP contribution is 2.38. The van der Waals surface area contributed by atoms with Crippen LogP contribution in [0, 0.1) is 11.8 Å². The molecule has 0 aliphatic heterocycles. The summed E-state index contributed by atoms with van der Waals surface area (Å²) in [7, 11) is 0. The van der Waals surface area contributed by atoms with Crippen LogP contribution < -0.4 is 0 Å². The third-order valence-electron chi connectivity index (χ3n) is 3.72. The minimum Gasteiger partial charge on any atom is -0.388 e. The van der Waals surface area contributed by atoms with Crippen molar-refractivity contribution in [3.05, 3.63) is 48.6 Å². The molecule has 0 aromatic heterocycles. The van der Waals surface area contributed by atoms with Gasteiger partial charge in [-0.1, -0.05) is 49.2 Å². The molecule has 2 atom stereocenters. The molecule has 16 heavy (non-hydrogen) atoms. The van der Waals surface area contributed by atoms with E-state index in [2.05, 4.69) is 6.58 Å². The molecule has 1 nitrogen and oxygen atoms in total. The highest BCUT2D eigenvalue weighted by molar-refractivity contribution is 5.19. The lowest BCUT2D eigenvalue weighted by Gasteiger charge is -2.25. The van der Waals surface area contributed by atoms with Crippen LogP contribution in [0.25, 0.3) is 0 Å². The Morgan fingerprint density at radius 1 is 1.19 bits per heavy atom. The summed E-state index contributed by atoms with van der Waals surface area (Å²) in [6, 6.07) is 9.93. The van der Waals surface area contributed by atoms with E-state index in [9.17, 15) is 5.11 Å². The molecule has 2 rings (SSSR count). The van der Waals surface area contributed by atoms with E-state index in [0.29, 0.717) is 5.92 Å². The topological polar surface area (TPSA) is 20.2 Å². The van der Waals surface area contributed by atoms with Gasteiger partial charge in [-0.15, -0.1) is 6.58 Å². The smallest absolute Gasteiger partial charge is 0.0855 e. The monoisotopic (exact) mass is 216 g/mol. The molecule has 1 heteroatoms. The van der Waals surface area contributed by atoms with Crippen molar-refractivity contribution < 1.29 is 5.11 Å². The molecular weight excluding hydrogens is 196 g/mol. The Labute approximate surface area is 97.8 Å². The molecule has 1 aliphatic carbocycles. The van der Waals surface area contributed by atoms with Crippen LogP contribution in [0.2, 0.25) is 0 Å². The van der Waals surface area contributed by atoms with E-state index in [1.165, 1.54) is 25.7 Å². The van der Waals surface area contributed by atoms with Gasteiger partial charge in [-0.2, -0.15) is 0 Å². The molecular formula is C15H20O. The Balaban J connectivity index is 2.12. The first-order valence-corrected chi connectivity index (χ1v) is 6.18. The number of aliphatic hydroxyl groups is 1. The van der Waals surface area contributed by atoms with Gasteiger partial charge in [0.15, 0.2) is 0 Å². The summed E-state index contributed by atoms with van der Waals surface area (Å²) in [5.74, 6) is 0.831. The van der Waals surface area contributed by atoms with Gasteiger partial charge < -0.3 is 5.11 Å². The maximum atomic E-state index is 10.4. The van der Waals surface area contributed by atoms with E-state index >= 15 is 0 Å². The average molecular weight is 216 g/mol. The molecule has 0 spiro atoms. The van der Waals surface area contributed by atoms with E-state index in [-0.39, 0.29) is 12.0 Å². The van der Waals surface area contributed by atoms with Crippen molar-refractivity contribution in [2.24, 2.45) is 11.8 Å². The summed E-state index contributed by atoms with van der Waals surface area (Å²) in [6.07, 6.45) is 6.63. The molecule has 1 saturated carbocycles. The molecule has 1 aromatic carbocycles. The van der Waals surface area contributed by atoms with Crippen LogP contribution in [0.15, 0.2) is 43.0 Å². The van der Waals surface area contributed by atoms with Gasteiger partial charge in [-0.3, -0.25) is 0 Å². The molecule has 1 fully saturated rings. The molecule has 0 radical (unpaired) electrons. The normalized spacial score (nSPS) is 20.6. The molecule has 0 unspecified atom stereocenters. The van der Waals surface area contributed by atoms with Crippen LogP contribution in [0.4, 0.5) is 0 Å². The van der Waals surface area contributed by atoms with Gasteiger partial charge in [0.05, 0.1) is 6.10 Å². The number of rotatable bonds is 4. The van der Waals surface area contributed by atoms with Gasteiger partial charge in [0.25, 0.3) is 0 Å². The first-order chi connectivity index (χ1) is 7.83. The highest BCUT2D eigenvalue weighted by Gasteiger charge is 2.28. The van der Waals surface area contributed by atoms with E-state index in [0.717, 1.165) is 5.56 Å². The fourth-order valence-electron chi connectivity index (χ4n) is 2.79. The Morgan fingerprint density at radius 2 is 1.81 bits per heavy atom. The largest absolute Gasteiger partial charge is 0.388 e. The number of hydrogen-bond donors (Lipinski definition) is 1. The van der Waals surface area contributed by atoms with E-state index in [1.54, 1.807) is 0 Å². The SMILES string of the molecule is C=C[C@H](C1CCCC1)[C@H](O)c1ccccc1. The lowest BCUT2D eigenvalue weighted by molar-refractivity contribution is 0.100. The molecule has 0 heterocycles. The first kappa shape index (κ1) is 11.4. The summed E-state index contributed by atoms with van der Waals surface area (Å²) < 4.78 is 0. The van der Waals surface area contributed by atoms with Crippen molar-refractivity contribution in [1.29, 1.82) is 0 Å². The quantitative estimate of drug-likeness (QED) is 0.761. The van der Waals surface area contributed by atoms with Crippen molar-refractivity contribution in [2.75, 3.05) is 0 Å². The molecule has 1 N–H and O–H groups in total. The zero-order chi connectivity index (χ0) is 11.4. The summed E-state index contributed by atoms with van der Waals surface area (Å²) in [4.78, 5) is 0. The van der Waals surface area contributed by atoms with Crippen LogP contribution in [0.5, 0.6) is 0 Å². The second-order valence-corrected chi connectivity index (χ2v) is 4.71. The van der Waals surface area contributed by atoms with Gasteiger partial charge in [0, 0.05) is 5.92 Å². The van der Waals surface area contributed by atoms with Gasteiger partial charge in [-0.25, -0.2) is 0 Å². The Bertz CT molecular complexity index is 325. The molecule has 1 aliphatic rings. The maximum Gasteiger partial charge on any atom is 0.0855 e. The van der Waals surface area contributed by atoms with Gasteiger partial charge >= 0.3 is 0 Å². The Hall–Kier alpha value is -1.08. The van der Waals surface area contributed by atoms with Crippen LogP contribution in [-0.4, -0.2) is 5.11 Å². The number of benzene rings is 1. The predicted octanol–water partition coefficient (Wildman–Crippen LogP) is 3.71. The average Bonchev–Trinajstić information content (AvgIpc) is 2.85. The van der Waals surface area contributed by atoms with Crippen LogP contribution >= 0.6 is 0 Å². The van der Waals surface area contributed by atoms with Crippen molar-refractivity contribution >= 4 is 0 Å². The third kappa shape index (κ3) is 2.35. The second kappa shape index (κ2) is 5.31. The van der Waals surface area contributed by atoms with Crippen molar-refractivity contribution in [1.82, 2.24) is 0 Å². The fourth-order valence-corrected chi connectivity index (χ4v) is 2.79. The van der Waals surface area contributed by atoms with Crippen molar-refractivity contribution in [3.63, 3.8) is 0 Å². The number of hydrogen-bond acceptors (Lipinski definition) is 1. The van der Waals surface area contributed by atoms with E-state index in [4.69, 9.17) is 0 Å². The third-order valence-corrected chi connectivity index (χ3v) is 3.72. The lowest BCUT2D eigenvalue weighted by Crippen LogP contribution is -2.18. The van der Waals surface area contributed by atoms with Gasteiger partial charge in [0.2, 0.25) is 0 Å². The van der Waals surface area contributed by atoms with Crippen molar-refractivity contribution in [3.8, 4) is 0 Å². The first-order valence-electron chi connectivity index (χ1n) is 6.18. The van der Waals surface area contributed by atoms with Gasteiger partial charge in [0.1, 0.15) is 0 Å². The summed E-state index contributed by atoms with van der Waals surface area (Å²) in [5, 5.41) is 10.4. The fraction of sp³-hybridized carbons (Fsp3) is 0.467. The number of aliphatic hydroxyl groups excluding tert-OH is 1. The summed E-state index contributed by atoms with van der Waals surface area (Å²) in [6.45, 7) is 3.89. The minimum atomic E-state index is -0.387. The lowest BCUT2D eigenvalue weighted by atomic mass is 9.83. The zero-order valence-corrected chi connectivity index (χ0v) is 9.68. The molecule has 86 valence electrons. The summed E-state index contributed by atoms with van der Waals surface area (Å²) >= 11 is 0. The van der Waals surface area contributed by atoms with E-state index < -0.39 is 0 Å². The van der Waals surface area contributed by atoms with Crippen LogP contribution in [0.1, 0.15) is 37.4 Å². The molecule has 0 bridgehead atoms.